The van der Waals surface area contributed by atoms with Crippen molar-refractivity contribution < 1.29 is 9.59 Å². The van der Waals surface area contributed by atoms with Crippen LogP contribution in [0.4, 0.5) is 0 Å². The van der Waals surface area contributed by atoms with E-state index < -0.39 is 0 Å². The van der Waals surface area contributed by atoms with Gasteiger partial charge in [-0.2, -0.15) is 0 Å². The predicted octanol–water partition coefficient (Wildman–Crippen LogP) is 3.48. The molecular formula is C24H27N3O2. The average molecular weight is 389 g/mol. The number of hydrogen-bond acceptors (Lipinski definition) is 3. The maximum atomic E-state index is 13.2. The summed E-state index contributed by atoms with van der Waals surface area (Å²) in [5, 5.41) is 0. The van der Waals surface area contributed by atoms with Crippen LogP contribution >= 0.6 is 0 Å². The fourth-order valence-electron chi connectivity index (χ4n) is 5.09. The number of likely N-dealkylation sites (tertiary alicyclic amines) is 2. The minimum atomic E-state index is -0.0481. The van der Waals surface area contributed by atoms with Gasteiger partial charge >= 0.3 is 0 Å². The third-order valence-corrected chi connectivity index (χ3v) is 6.95. The monoisotopic (exact) mass is 389 g/mol. The summed E-state index contributed by atoms with van der Waals surface area (Å²) in [5.41, 5.74) is 1.96. The van der Waals surface area contributed by atoms with Gasteiger partial charge in [0.2, 0.25) is 5.91 Å². The van der Waals surface area contributed by atoms with Crippen molar-refractivity contribution in [2.45, 2.75) is 44.1 Å². The van der Waals surface area contributed by atoms with E-state index in [-0.39, 0.29) is 17.2 Å². The van der Waals surface area contributed by atoms with Crippen molar-refractivity contribution in [1.29, 1.82) is 0 Å². The lowest BCUT2D eigenvalue weighted by Crippen LogP contribution is -2.55. The molecule has 2 saturated heterocycles. The number of carbonyl (C=O) groups excluding carboxylic acids is 2. The molecule has 0 bridgehead atoms. The van der Waals surface area contributed by atoms with Gasteiger partial charge in [0.25, 0.3) is 5.91 Å². The Hall–Kier alpha value is -2.69. The van der Waals surface area contributed by atoms with Crippen LogP contribution in [0.1, 0.15) is 53.9 Å². The molecule has 3 fully saturated rings. The Morgan fingerprint density at radius 2 is 1.69 bits per heavy atom. The molecule has 1 atom stereocenters. The first kappa shape index (κ1) is 18.3. The summed E-state index contributed by atoms with van der Waals surface area (Å²) < 4.78 is 0. The molecule has 1 aliphatic carbocycles. The number of rotatable bonds is 3. The smallest absolute Gasteiger partial charge is 0.253 e. The second-order valence-electron chi connectivity index (χ2n) is 8.89. The van der Waals surface area contributed by atoms with E-state index in [1.165, 1.54) is 0 Å². The average Bonchev–Trinajstić information content (AvgIpc) is 3.62. The van der Waals surface area contributed by atoms with Crippen LogP contribution in [0, 0.1) is 5.41 Å². The largest absolute Gasteiger partial charge is 0.339 e. The Morgan fingerprint density at radius 3 is 2.34 bits per heavy atom. The lowest BCUT2D eigenvalue weighted by molar-refractivity contribution is -0.142. The fraction of sp³-hybridized carbons (Fsp3) is 0.458. The summed E-state index contributed by atoms with van der Waals surface area (Å²) >= 11 is 0. The van der Waals surface area contributed by atoms with Gasteiger partial charge in [-0.15, -0.1) is 0 Å². The number of hydrogen-bond donors (Lipinski definition) is 0. The number of pyridine rings is 1. The van der Waals surface area contributed by atoms with Crippen LogP contribution < -0.4 is 0 Å². The minimum absolute atomic E-state index is 0.0481. The van der Waals surface area contributed by atoms with Crippen molar-refractivity contribution in [1.82, 2.24) is 14.8 Å². The molecule has 5 heteroatoms. The van der Waals surface area contributed by atoms with Crippen molar-refractivity contribution >= 4 is 11.8 Å². The predicted molar refractivity (Wildman–Crippen MR) is 110 cm³/mol. The van der Waals surface area contributed by atoms with E-state index in [2.05, 4.69) is 22.0 Å². The molecule has 3 aliphatic rings. The van der Waals surface area contributed by atoms with E-state index in [0.717, 1.165) is 57.3 Å². The van der Waals surface area contributed by atoms with Gasteiger partial charge in [0.1, 0.15) is 0 Å². The number of amides is 2. The zero-order valence-corrected chi connectivity index (χ0v) is 16.7. The highest BCUT2D eigenvalue weighted by Crippen LogP contribution is 2.48. The van der Waals surface area contributed by atoms with Gasteiger partial charge < -0.3 is 9.80 Å². The number of aromatic nitrogens is 1. The van der Waals surface area contributed by atoms with Gasteiger partial charge in [-0.1, -0.05) is 30.3 Å². The van der Waals surface area contributed by atoms with E-state index in [4.69, 9.17) is 0 Å². The van der Waals surface area contributed by atoms with Crippen molar-refractivity contribution in [2.24, 2.45) is 5.41 Å². The topological polar surface area (TPSA) is 53.5 Å². The number of piperidine rings is 2. The molecule has 1 saturated carbocycles. The first-order valence-electron chi connectivity index (χ1n) is 10.7. The molecule has 1 aromatic carbocycles. The van der Waals surface area contributed by atoms with Gasteiger partial charge in [-0.25, -0.2) is 0 Å². The van der Waals surface area contributed by atoms with E-state index in [1.807, 2.05) is 23.1 Å². The highest BCUT2D eigenvalue weighted by molar-refractivity contribution is 5.94. The molecule has 1 spiro atoms. The van der Waals surface area contributed by atoms with Gasteiger partial charge in [0.15, 0.2) is 0 Å². The third kappa shape index (κ3) is 3.54. The molecule has 1 aromatic heterocycles. The first-order chi connectivity index (χ1) is 14.2. The maximum Gasteiger partial charge on any atom is 0.253 e. The summed E-state index contributed by atoms with van der Waals surface area (Å²) in [6.07, 6.45) is 8.43. The Kier molecular flexibility index (Phi) is 4.61. The SMILES string of the molecule is O=C(c1ccncc1)N1CCC2(CC1)C[C@@H](c1ccccc1)C(=O)N(C1CC1)C2. The van der Waals surface area contributed by atoms with E-state index in [9.17, 15) is 9.59 Å². The molecule has 3 heterocycles. The van der Waals surface area contributed by atoms with Gasteiger partial charge in [-0.3, -0.25) is 14.6 Å². The van der Waals surface area contributed by atoms with Gasteiger partial charge in [-0.05, 0) is 55.2 Å². The molecule has 2 aliphatic heterocycles. The van der Waals surface area contributed by atoms with Crippen molar-refractivity contribution in [3.8, 4) is 0 Å². The molecule has 0 unspecified atom stereocenters. The fourth-order valence-corrected chi connectivity index (χ4v) is 5.09. The Labute approximate surface area is 171 Å². The Morgan fingerprint density at radius 1 is 1.00 bits per heavy atom. The van der Waals surface area contributed by atoms with E-state index in [1.54, 1.807) is 24.5 Å². The van der Waals surface area contributed by atoms with Crippen LogP contribution in [0.15, 0.2) is 54.9 Å². The van der Waals surface area contributed by atoms with Crippen LogP contribution in [-0.4, -0.2) is 52.3 Å². The summed E-state index contributed by atoms with van der Waals surface area (Å²) in [7, 11) is 0. The van der Waals surface area contributed by atoms with Crippen LogP contribution in [0.2, 0.25) is 0 Å². The molecule has 2 amide bonds. The molecule has 150 valence electrons. The Bertz CT molecular complexity index is 887. The standard InChI is InChI=1S/C24H27N3O2/c28-22(19-8-12-25-13-9-19)26-14-10-24(11-15-26)16-21(18-4-2-1-3-5-18)23(29)27(17-24)20-6-7-20/h1-5,8-9,12-13,20-21H,6-7,10-11,14-17H2/t21-/m0/s1. The zero-order chi connectivity index (χ0) is 19.8. The molecule has 29 heavy (non-hydrogen) atoms. The van der Waals surface area contributed by atoms with Crippen LogP contribution in [-0.2, 0) is 4.79 Å². The van der Waals surface area contributed by atoms with Crippen LogP contribution in [0.25, 0.3) is 0 Å². The summed E-state index contributed by atoms with van der Waals surface area (Å²) in [4.78, 5) is 34.2. The molecule has 5 rings (SSSR count). The first-order valence-corrected chi connectivity index (χ1v) is 10.7. The van der Waals surface area contributed by atoms with Crippen molar-refractivity contribution in [3.05, 3.63) is 66.0 Å². The summed E-state index contributed by atoms with van der Waals surface area (Å²) in [6.45, 7) is 2.38. The van der Waals surface area contributed by atoms with Crippen LogP contribution in [0.3, 0.4) is 0 Å². The third-order valence-electron chi connectivity index (χ3n) is 6.95. The molecule has 0 radical (unpaired) electrons. The number of carbonyl (C=O) groups is 2. The quantitative estimate of drug-likeness (QED) is 0.808. The highest BCUT2D eigenvalue weighted by Gasteiger charge is 2.49. The number of nitrogens with zero attached hydrogens (tertiary/aromatic N) is 3. The normalized spacial score (nSPS) is 24.0. The van der Waals surface area contributed by atoms with E-state index >= 15 is 0 Å². The lowest BCUT2D eigenvalue weighted by atomic mass is 9.67. The molecule has 0 N–H and O–H groups in total. The minimum Gasteiger partial charge on any atom is -0.339 e. The molecular weight excluding hydrogens is 362 g/mol. The van der Waals surface area contributed by atoms with Crippen LogP contribution in [0.5, 0.6) is 0 Å². The maximum absolute atomic E-state index is 13.2. The second kappa shape index (κ2) is 7.29. The lowest BCUT2D eigenvalue weighted by Gasteiger charge is -2.50. The molecule has 5 nitrogen and oxygen atoms in total. The highest BCUT2D eigenvalue weighted by atomic mass is 16.2. The Balaban J connectivity index is 1.35. The van der Waals surface area contributed by atoms with Gasteiger partial charge in [0, 0.05) is 43.6 Å². The van der Waals surface area contributed by atoms with Gasteiger partial charge in [0.05, 0.1) is 5.92 Å². The second-order valence-corrected chi connectivity index (χ2v) is 8.89. The van der Waals surface area contributed by atoms with E-state index in [0.29, 0.717) is 17.5 Å². The van der Waals surface area contributed by atoms with Crippen molar-refractivity contribution in [2.75, 3.05) is 19.6 Å². The zero-order valence-electron chi connectivity index (χ0n) is 16.7. The molecule has 2 aromatic rings. The summed E-state index contributed by atoms with van der Waals surface area (Å²) in [5.74, 6) is 0.348. The summed E-state index contributed by atoms with van der Waals surface area (Å²) in [6, 6.07) is 14.3. The van der Waals surface area contributed by atoms with Crippen molar-refractivity contribution in [3.63, 3.8) is 0 Å². The number of benzene rings is 1.